The number of hydrogen-bond donors (Lipinski definition) is 0. The summed E-state index contributed by atoms with van der Waals surface area (Å²) in [5, 5.41) is 0. The van der Waals surface area contributed by atoms with Crippen LogP contribution in [0.1, 0.15) is 6.42 Å². The summed E-state index contributed by atoms with van der Waals surface area (Å²) >= 11 is 0. The van der Waals surface area contributed by atoms with E-state index in [0.717, 1.165) is 6.42 Å². The number of hydrogen-bond acceptors (Lipinski definition) is 0. The summed E-state index contributed by atoms with van der Waals surface area (Å²) < 4.78 is 0. The molecule has 1 aliphatic rings. The molecule has 0 spiro atoms. The van der Waals surface area contributed by atoms with E-state index in [4.69, 9.17) is 0 Å². The summed E-state index contributed by atoms with van der Waals surface area (Å²) in [6.07, 6.45) is 8.81. The van der Waals surface area contributed by atoms with Gasteiger partial charge in [-0.1, -0.05) is 25.7 Å². The Labute approximate surface area is 114 Å². The molecule has 0 aromatic carbocycles. The van der Waals surface area contributed by atoms with Crippen LogP contribution in [0.3, 0.4) is 0 Å². The van der Waals surface area contributed by atoms with Crippen LogP contribution in [0.15, 0.2) is 17.7 Å². The molecule has 0 bridgehead atoms. The molecule has 0 saturated heterocycles. The van der Waals surface area contributed by atoms with Crippen LogP contribution < -0.4 is 0 Å². The molecule has 0 amide bonds. The molecule has 1 aliphatic carbocycles. The van der Waals surface area contributed by atoms with Gasteiger partial charge in [-0.25, -0.2) is 11.6 Å². The zero-order valence-corrected chi connectivity index (χ0v) is 14.6. The van der Waals surface area contributed by atoms with E-state index in [1.54, 1.807) is 0 Å². The average molecular weight is 403 g/mol. The van der Waals surface area contributed by atoms with Crippen LogP contribution in [0, 0.1) is 6.08 Å². The van der Waals surface area contributed by atoms with Gasteiger partial charge < -0.3 is 0 Å². The van der Waals surface area contributed by atoms with Crippen LogP contribution in [0.2, 0.25) is 25.7 Å². The first-order chi connectivity index (χ1) is 4.58. The molecule has 4 heteroatoms. The van der Waals surface area contributed by atoms with Crippen molar-refractivity contribution in [3.63, 3.8) is 0 Å². The first-order valence-corrected chi connectivity index (χ1v) is 7.55. The largest absolute Gasteiger partial charge is 0.270 e. The predicted molar refractivity (Wildman–Crippen MR) is 63.2 cm³/mol. The Balaban J connectivity index is -0.000000333. The maximum atomic E-state index is 3.35. The SMILES string of the molecule is C[Si](C)(C)CC1=[C-]CC=C1.Cl.Cl.[Hf]. The molecule has 1 rings (SSSR count). The van der Waals surface area contributed by atoms with E-state index in [-0.39, 0.29) is 50.7 Å². The minimum absolute atomic E-state index is 0. The molecule has 0 nitrogen and oxygen atoms in total. The quantitative estimate of drug-likeness (QED) is 0.486. The Morgan fingerprint density at radius 1 is 1.31 bits per heavy atom. The fourth-order valence-corrected chi connectivity index (χ4v) is 2.53. The van der Waals surface area contributed by atoms with Crippen LogP contribution in [0.4, 0.5) is 0 Å². The molecule has 0 aromatic rings. The first-order valence-electron chi connectivity index (χ1n) is 3.84. The summed E-state index contributed by atoms with van der Waals surface area (Å²) in [4.78, 5) is 0. The molecule has 0 fully saturated rings. The number of allylic oxidation sites excluding steroid dienone is 4. The minimum Gasteiger partial charge on any atom is -0.270 e. The number of rotatable bonds is 2. The Bertz CT molecular complexity index is 183. The molecular weight excluding hydrogens is 386 g/mol. The van der Waals surface area contributed by atoms with E-state index in [0.29, 0.717) is 0 Å². The van der Waals surface area contributed by atoms with E-state index in [9.17, 15) is 0 Å². The summed E-state index contributed by atoms with van der Waals surface area (Å²) in [6.45, 7) is 7.19. The van der Waals surface area contributed by atoms with Gasteiger partial charge in [-0.2, -0.15) is 6.08 Å². The monoisotopic (exact) mass is 403 g/mol. The fourth-order valence-electron chi connectivity index (χ4n) is 1.14. The topological polar surface area (TPSA) is 0 Å². The Morgan fingerprint density at radius 3 is 2.15 bits per heavy atom. The standard InChI is InChI=1S/C9H15Si.2ClH.Hf/c1-10(2,3)8-9-6-4-5-7-9;;;/h4,6H,5,8H2,1-3H3;2*1H;/q-1;;;. The van der Waals surface area contributed by atoms with Gasteiger partial charge in [-0.05, 0) is 0 Å². The van der Waals surface area contributed by atoms with E-state index < -0.39 is 8.07 Å². The second kappa shape index (κ2) is 8.45. The van der Waals surface area contributed by atoms with Gasteiger partial charge in [-0.15, -0.1) is 31.2 Å². The first kappa shape index (κ1) is 19.7. The molecule has 0 unspecified atom stereocenters. The Morgan fingerprint density at radius 2 is 1.85 bits per heavy atom. The second-order valence-electron chi connectivity index (χ2n) is 4.05. The second-order valence-corrected chi connectivity index (χ2v) is 9.52. The molecule has 0 saturated carbocycles. The van der Waals surface area contributed by atoms with Crippen molar-refractivity contribution >= 4 is 32.9 Å². The van der Waals surface area contributed by atoms with Crippen molar-refractivity contribution in [2.24, 2.45) is 0 Å². The summed E-state index contributed by atoms with van der Waals surface area (Å²) in [5.41, 5.74) is 1.44. The Hall–Kier alpha value is 1.15. The van der Waals surface area contributed by atoms with Crippen LogP contribution in [-0.2, 0) is 25.8 Å². The van der Waals surface area contributed by atoms with Gasteiger partial charge in [0.05, 0.1) is 0 Å². The van der Waals surface area contributed by atoms with E-state index in [2.05, 4.69) is 37.9 Å². The fraction of sp³-hybridized carbons (Fsp3) is 0.556. The van der Waals surface area contributed by atoms with Crippen molar-refractivity contribution in [2.75, 3.05) is 0 Å². The molecule has 0 N–H and O–H groups in total. The van der Waals surface area contributed by atoms with Crippen LogP contribution >= 0.6 is 24.8 Å². The zero-order valence-electron chi connectivity index (χ0n) is 8.39. The van der Waals surface area contributed by atoms with Crippen molar-refractivity contribution in [3.05, 3.63) is 23.8 Å². The molecule has 0 heterocycles. The van der Waals surface area contributed by atoms with Crippen molar-refractivity contribution in [1.82, 2.24) is 0 Å². The van der Waals surface area contributed by atoms with Crippen molar-refractivity contribution < 1.29 is 25.8 Å². The third kappa shape index (κ3) is 9.45. The van der Waals surface area contributed by atoms with Gasteiger partial charge in [0.15, 0.2) is 0 Å². The predicted octanol–water partition coefficient (Wildman–Crippen LogP) is 3.86. The van der Waals surface area contributed by atoms with Crippen molar-refractivity contribution in [1.29, 1.82) is 0 Å². The van der Waals surface area contributed by atoms with Gasteiger partial charge in [0, 0.05) is 33.9 Å². The summed E-state index contributed by atoms with van der Waals surface area (Å²) in [7, 11) is -0.873. The van der Waals surface area contributed by atoms with Crippen LogP contribution in [-0.4, -0.2) is 8.07 Å². The number of halogens is 2. The molecule has 0 atom stereocenters. The van der Waals surface area contributed by atoms with Crippen molar-refractivity contribution in [3.8, 4) is 0 Å². The molecule has 0 aliphatic heterocycles. The molecule has 0 radical (unpaired) electrons. The van der Waals surface area contributed by atoms with Crippen molar-refractivity contribution in [2.45, 2.75) is 32.1 Å². The molecular formula is C9H17Cl2HfSi-. The van der Waals surface area contributed by atoms with Crippen LogP contribution in [0.5, 0.6) is 0 Å². The van der Waals surface area contributed by atoms with Gasteiger partial charge >= 0.3 is 0 Å². The van der Waals surface area contributed by atoms with Crippen LogP contribution in [0.25, 0.3) is 0 Å². The zero-order chi connectivity index (χ0) is 7.61. The maximum Gasteiger partial charge on any atom is 0.0456 e. The molecule has 13 heavy (non-hydrogen) atoms. The van der Waals surface area contributed by atoms with E-state index in [1.165, 1.54) is 11.6 Å². The van der Waals surface area contributed by atoms with Gasteiger partial charge in [-0.3, -0.25) is 6.08 Å². The third-order valence-electron chi connectivity index (χ3n) is 1.49. The third-order valence-corrected chi connectivity index (χ3v) is 2.93. The van der Waals surface area contributed by atoms with E-state index in [1.807, 2.05) is 0 Å². The van der Waals surface area contributed by atoms with Gasteiger partial charge in [0.2, 0.25) is 0 Å². The van der Waals surface area contributed by atoms with Gasteiger partial charge in [0.1, 0.15) is 0 Å². The summed E-state index contributed by atoms with van der Waals surface area (Å²) in [5.74, 6) is 0. The summed E-state index contributed by atoms with van der Waals surface area (Å²) in [6, 6.07) is 1.30. The molecule has 0 aromatic heterocycles. The smallest absolute Gasteiger partial charge is 0.0456 e. The van der Waals surface area contributed by atoms with E-state index >= 15 is 0 Å². The normalized spacial score (nSPS) is 13.6. The Kier molecular flexibility index (Phi) is 12.8. The average Bonchev–Trinajstić information content (AvgIpc) is 2.12. The van der Waals surface area contributed by atoms with Gasteiger partial charge in [0.25, 0.3) is 0 Å². The molecule has 76 valence electrons. The minimum atomic E-state index is -0.873. The maximum absolute atomic E-state index is 3.35.